The molecule has 1 saturated carbocycles. The molecule has 0 spiro atoms. The highest BCUT2D eigenvalue weighted by Crippen LogP contribution is 2.58. The number of hydrogen-bond acceptors (Lipinski definition) is 0. The van der Waals surface area contributed by atoms with Crippen LogP contribution in [0.15, 0.2) is 23.3 Å². The normalized spacial score (nSPS) is 28.1. The predicted molar refractivity (Wildman–Crippen MR) is 85.0 cm³/mol. The molecule has 0 aromatic rings. The van der Waals surface area contributed by atoms with Crippen LogP contribution >= 0.6 is 0 Å². The summed E-state index contributed by atoms with van der Waals surface area (Å²) in [4.78, 5) is 0. The summed E-state index contributed by atoms with van der Waals surface area (Å²) in [5.41, 5.74) is 3.81. The highest BCUT2D eigenvalue weighted by Gasteiger charge is 2.48. The van der Waals surface area contributed by atoms with Crippen LogP contribution in [-0.4, -0.2) is 0 Å². The maximum absolute atomic E-state index is 2.49. The zero-order valence-corrected chi connectivity index (χ0v) is 14.0. The van der Waals surface area contributed by atoms with Gasteiger partial charge in [0.15, 0.2) is 0 Å². The Kier molecular flexibility index (Phi) is 4.00. The SMILES string of the molecule is CC(C)CC(C1=CC=C(C(C)(C)C)C2CC12)C(C)C. The van der Waals surface area contributed by atoms with E-state index in [9.17, 15) is 0 Å². The summed E-state index contributed by atoms with van der Waals surface area (Å²) in [5.74, 6) is 4.13. The Morgan fingerprint density at radius 3 is 2.16 bits per heavy atom. The van der Waals surface area contributed by atoms with Crippen LogP contribution in [0.2, 0.25) is 0 Å². The van der Waals surface area contributed by atoms with Gasteiger partial charge in [-0.3, -0.25) is 0 Å². The van der Waals surface area contributed by atoms with Gasteiger partial charge >= 0.3 is 0 Å². The van der Waals surface area contributed by atoms with Gasteiger partial charge in [0.05, 0.1) is 0 Å². The minimum absolute atomic E-state index is 0.354. The molecule has 0 N–H and O–H groups in total. The Balaban J connectivity index is 2.22. The first-order valence-electron chi connectivity index (χ1n) is 8.14. The number of fused-ring (bicyclic) bond motifs is 1. The van der Waals surface area contributed by atoms with Gasteiger partial charge < -0.3 is 0 Å². The van der Waals surface area contributed by atoms with Gasteiger partial charge in [-0.1, -0.05) is 71.8 Å². The smallest absolute Gasteiger partial charge is 0.0123 e. The third-order valence-electron chi connectivity index (χ3n) is 4.90. The van der Waals surface area contributed by atoms with Gasteiger partial charge in [0, 0.05) is 0 Å². The fourth-order valence-corrected chi connectivity index (χ4v) is 3.85. The van der Waals surface area contributed by atoms with Gasteiger partial charge in [0.25, 0.3) is 0 Å². The molecular formula is C19H32. The van der Waals surface area contributed by atoms with E-state index >= 15 is 0 Å². The first-order valence-corrected chi connectivity index (χ1v) is 8.14. The topological polar surface area (TPSA) is 0 Å². The lowest BCUT2D eigenvalue weighted by Crippen LogP contribution is -2.20. The van der Waals surface area contributed by atoms with Crippen molar-refractivity contribution in [2.75, 3.05) is 0 Å². The van der Waals surface area contributed by atoms with Gasteiger partial charge in [0.1, 0.15) is 0 Å². The van der Waals surface area contributed by atoms with Crippen molar-refractivity contribution in [3.8, 4) is 0 Å². The Morgan fingerprint density at radius 1 is 1.05 bits per heavy atom. The summed E-state index contributed by atoms with van der Waals surface area (Å²) < 4.78 is 0. The lowest BCUT2D eigenvalue weighted by Gasteiger charge is -2.31. The zero-order chi connectivity index (χ0) is 14.4. The maximum Gasteiger partial charge on any atom is -0.0123 e. The van der Waals surface area contributed by atoms with Crippen LogP contribution in [-0.2, 0) is 0 Å². The fraction of sp³-hybridized carbons (Fsp3) is 0.789. The summed E-state index contributed by atoms with van der Waals surface area (Å²) in [6.07, 6.45) is 7.71. The highest BCUT2D eigenvalue weighted by atomic mass is 14.5. The molecule has 0 heterocycles. The monoisotopic (exact) mass is 260 g/mol. The van der Waals surface area contributed by atoms with Gasteiger partial charge in [-0.2, -0.15) is 0 Å². The maximum atomic E-state index is 2.49. The van der Waals surface area contributed by atoms with Crippen LogP contribution in [0.1, 0.15) is 61.3 Å². The summed E-state index contributed by atoms with van der Waals surface area (Å²) in [6.45, 7) is 16.6. The van der Waals surface area contributed by atoms with Gasteiger partial charge in [-0.15, -0.1) is 0 Å². The predicted octanol–water partition coefficient (Wildman–Crippen LogP) is 5.85. The third kappa shape index (κ3) is 3.15. The highest BCUT2D eigenvalue weighted by molar-refractivity contribution is 5.39. The van der Waals surface area contributed by atoms with Crippen molar-refractivity contribution in [1.82, 2.24) is 0 Å². The molecule has 2 aliphatic rings. The van der Waals surface area contributed by atoms with Crippen molar-refractivity contribution in [3.05, 3.63) is 23.3 Å². The molecular weight excluding hydrogens is 228 g/mol. The van der Waals surface area contributed by atoms with E-state index in [4.69, 9.17) is 0 Å². The average Bonchev–Trinajstić information content (AvgIpc) is 3.01. The molecule has 0 bridgehead atoms. The second kappa shape index (κ2) is 5.11. The van der Waals surface area contributed by atoms with Gasteiger partial charge in [-0.05, 0) is 47.8 Å². The Bertz CT molecular complexity index is 387. The molecule has 3 unspecified atom stereocenters. The first-order chi connectivity index (χ1) is 8.71. The molecule has 0 radical (unpaired) electrons. The largest absolute Gasteiger partial charge is 0.0631 e. The van der Waals surface area contributed by atoms with Crippen molar-refractivity contribution in [3.63, 3.8) is 0 Å². The molecule has 19 heavy (non-hydrogen) atoms. The van der Waals surface area contributed by atoms with E-state index in [1.54, 1.807) is 11.1 Å². The number of rotatable bonds is 4. The van der Waals surface area contributed by atoms with Gasteiger partial charge in [0.2, 0.25) is 0 Å². The van der Waals surface area contributed by atoms with Gasteiger partial charge in [-0.25, -0.2) is 0 Å². The van der Waals surface area contributed by atoms with Crippen molar-refractivity contribution < 1.29 is 0 Å². The summed E-state index contributed by atoms with van der Waals surface area (Å²) in [7, 11) is 0. The molecule has 0 saturated heterocycles. The number of hydrogen-bond donors (Lipinski definition) is 0. The lowest BCUT2D eigenvalue weighted by molar-refractivity contribution is 0.347. The van der Waals surface area contributed by atoms with E-state index in [1.165, 1.54) is 12.8 Å². The average molecular weight is 260 g/mol. The molecule has 2 aliphatic carbocycles. The lowest BCUT2D eigenvalue weighted by atomic mass is 9.74. The molecule has 0 aromatic heterocycles. The zero-order valence-electron chi connectivity index (χ0n) is 14.0. The standard InChI is InChI=1S/C19H32/c1-12(2)10-15(13(3)4)14-8-9-18(19(5,6)7)17-11-16(14)17/h8-9,12-13,15-17H,10-11H2,1-7H3. The van der Waals surface area contributed by atoms with E-state index in [-0.39, 0.29) is 0 Å². The minimum atomic E-state index is 0.354. The van der Waals surface area contributed by atoms with Crippen molar-refractivity contribution >= 4 is 0 Å². The summed E-state index contributed by atoms with van der Waals surface area (Å²) in [6, 6.07) is 0. The summed E-state index contributed by atoms with van der Waals surface area (Å²) in [5, 5.41) is 0. The fourth-order valence-electron chi connectivity index (χ4n) is 3.85. The first kappa shape index (κ1) is 14.9. The molecule has 0 amide bonds. The van der Waals surface area contributed by atoms with Crippen LogP contribution < -0.4 is 0 Å². The Labute approximate surface area is 120 Å². The third-order valence-corrected chi connectivity index (χ3v) is 4.90. The van der Waals surface area contributed by atoms with Crippen LogP contribution in [0.4, 0.5) is 0 Å². The van der Waals surface area contributed by atoms with Crippen molar-refractivity contribution in [2.24, 2.45) is 35.0 Å². The van der Waals surface area contributed by atoms with E-state index < -0.39 is 0 Å². The molecule has 0 aromatic carbocycles. The molecule has 2 rings (SSSR count). The second-order valence-electron chi connectivity index (χ2n) is 8.47. The molecule has 0 heteroatoms. The molecule has 108 valence electrons. The minimum Gasteiger partial charge on any atom is -0.0631 e. The number of allylic oxidation sites excluding steroid dienone is 4. The van der Waals surface area contributed by atoms with Crippen molar-refractivity contribution in [1.29, 1.82) is 0 Å². The van der Waals surface area contributed by atoms with Crippen LogP contribution in [0.3, 0.4) is 0 Å². The molecule has 3 atom stereocenters. The van der Waals surface area contributed by atoms with Crippen LogP contribution in [0, 0.1) is 35.0 Å². The van der Waals surface area contributed by atoms with Crippen LogP contribution in [0.25, 0.3) is 0 Å². The summed E-state index contributed by atoms with van der Waals surface area (Å²) >= 11 is 0. The quantitative estimate of drug-likeness (QED) is 0.594. The van der Waals surface area contributed by atoms with E-state index in [0.717, 1.165) is 29.6 Å². The second-order valence-corrected chi connectivity index (χ2v) is 8.47. The van der Waals surface area contributed by atoms with E-state index in [0.29, 0.717) is 5.41 Å². The molecule has 0 nitrogen and oxygen atoms in total. The van der Waals surface area contributed by atoms with Crippen LogP contribution in [0.5, 0.6) is 0 Å². The molecule has 0 aliphatic heterocycles. The Hall–Kier alpha value is -0.520. The Morgan fingerprint density at radius 2 is 1.68 bits per heavy atom. The van der Waals surface area contributed by atoms with Crippen molar-refractivity contribution in [2.45, 2.75) is 61.3 Å². The van der Waals surface area contributed by atoms with E-state index in [2.05, 4.69) is 60.6 Å². The van der Waals surface area contributed by atoms with E-state index in [1.807, 2.05) is 0 Å². The molecule has 1 fully saturated rings.